The van der Waals surface area contributed by atoms with Crippen LogP contribution in [-0.2, 0) is 0 Å². The fourth-order valence-electron chi connectivity index (χ4n) is 1.68. The quantitative estimate of drug-likeness (QED) is 0.745. The number of rotatable bonds is 1. The SMILES string of the molecule is Cc1cc(-c2cc(N)n[nH]2)cc(C)c1C. The fourth-order valence-corrected chi connectivity index (χ4v) is 1.68. The first-order valence-corrected chi connectivity index (χ1v) is 4.97. The minimum absolute atomic E-state index is 0.529. The number of aromatic amines is 1. The van der Waals surface area contributed by atoms with E-state index in [2.05, 4.69) is 43.1 Å². The predicted octanol–water partition coefficient (Wildman–Crippen LogP) is 2.58. The number of hydrogen-bond donors (Lipinski definition) is 2. The molecule has 0 unspecified atom stereocenters. The van der Waals surface area contributed by atoms with Gasteiger partial charge in [-0.25, -0.2) is 0 Å². The van der Waals surface area contributed by atoms with Crippen LogP contribution in [0.3, 0.4) is 0 Å². The van der Waals surface area contributed by atoms with Crippen molar-refractivity contribution < 1.29 is 0 Å². The van der Waals surface area contributed by atoms with Gasteiger partial charge in [0.05, 0.1) is 5.69 Å². The molecule has 1 aromatic heterocycles. The number of nitrogens with one attached hydrogen (secondary N) is 1. The summed E-state index contributed by atoms with van der Waals surface area (Å²) in [6, 6.07) is 6.15. The number of nitrogens with zero attached hydrogens (tertiary/aromatic N) is 1. The van der Waals surface area contributed by atoms with Crippen molar-refractivity contribution in [3.05, 3.63) is 34.9 Å². The molecule has 3 nitrogen and oxygen atoms in total. The van der Waals surface area contributed by atoms with Gasteiger partial charge in [0.2, 0.25) is 0 Å². The lowest BCUT2D eigenvalue weighted by Gasteiger charge is -2.07. The molecule has 3 heteroatoms. The van der Waals surface area contributed by atoms with Gasteiger partial charge in [0.15, 0.2) is 0 Å². The molecule has 2 rings (SSSR count). The van der Waals surface area contributed by atoms with Crippen LogP contribution >= 0.6 is 0 Å². The second-order valence-corrected chi connectivity index (χ2v) is 3.94. The maximum Gasteiger partial charge on any atom is 0.145 e. The Morgan fingerprint density at radius 2 is 1.67 bits per heavy atom. The minimum atomic E-state index is 0.529. The van der Waals surface area contributed by atoms with Crippen LogP contribution in [0.25, 0.3) is 11.3 Å². The van der Waals surface area contributed by atoms with E-state index in [4.69, 9.17) is 5.73 Å². The van der Waals surface area contributed by atoms with Gasteiger partial charge in [-0.1, -0.05) is 0 Å². The first kappa shape index (κ1) is 9.77. The minimum Gasteiger partial charge on any atom is -0.382 e. The molecule has 0 spiro atoms. The predicted molar refractivity (Wildman–Crippen MR) is 62.6 cm³/mol. The Hall–Kier alpha value is -1.77. The summed E-state index contributed by atoms with van der Waals surface area (Å²) in [6.45, 7) is 6.37. The zero-order valence-corrected chi connectivity index (χ0v) is 9.26. The zero-order valence-electron chi connectivity index (χ0n) is 9.26. The van der Waals surface area contributed by atoms with E-state index in [1.165, 1.54) is 16.7 Å². The fraction of sp³-hybridized carbons (Fsp3) is 0.250. The monoisotopic (exact) mass is 201 g/mol. The first-order chi connectivity index (χ1) is 7.08. The highest BCUT2D eigenvalue weighted by Gasteiger charge is 2.05. The lowest BCUT2D eigenvalue weighted by atomic mass is 9.99. The number of nitrogen functional groups attached to an aromatic ring is 1. The molecule has 0 radical (unpaired) electrons. The van der Waals surface area contributed by atoms with Crippen molar-refractivity contribution in [3.8, 4) is 11.3 Å². The van der Waals surface area contributed by atoms with Crippen molar-refractivity contribution in [2.75, 3.05) is 5.73 Å². The number of aromatic nitrogens is 2. The third kappa shape index (κ3) is 1.73. The molecule has 78 valence electrons. The molecule has 0 aliphatic rings. The molecule has 3 N–H and O–H groups in total. The lowest BCUT2D eigenvalue weighted by Crippen LogP contribution is -1.88. The molecule has 2 aromatic rings. The average molecular weight is 201 g/mol. The first-order valence-electron chi connectivity index (χ1n) is 4.97. The van der Waals surface area contributed by atoms with Crippen molar-refractivity contribution in [1.29, 1.82) is 0 Å². The van der Waals surface area contributed by atoms with E-state index in [0.29, 0.717) is 5.82 Å². The van der Waals surface area contributed by atoms with Crippen LogP contribution in [0.2, 0.25) is 0 Å². The molecule has 0 atom stereocenters. The van der Waals surface area contributed by atoms with Crippen molar-refractivity contribution in [2.24, 2.45) is 0 Å². The highest BCUT2D eigenvalue weighted by atomic mass is 15.2. The Morgan fingerprint density at radius 3 is 2.13 bits per heavy atom. The van der Waals surface area contributed by atoms with E-state index in [0.717, 1.165) is 11.3 Å². The Balaban J connectivity index is 2.55. The van der Waals surface area contributed by atoms with E-state index in [-0.39, 0.29) is 0 Å². The largest absolute Gasteiger partial charge is 0.382 e. The summed E-state index contributed by atoms with van der Waals surface area (Å²) in [5.41, 5.74) is 11.6. The summed E-state index contributed by atoms with van der Waals surface area (Å²) in [5, 5.41) is 6.85. The smallest absolute Gasteiger partial charge is 0.145 e. The molecule has 15 heavy (non-hydrogen) atoms. The van der Waals surface area contributed by atoms with Gasteiger partial charge in [-0.3, -0.25) is 5.10 Å². The summed E-state index contributed by atoms with van der Waals surface area (Å²) in [5.74, 6) is 0.529. The van der Waals surface area contributed by atoms with Crippen molar-refractivity contribution >= 4 is 5.82 Å². The Bertz CT molecular complexity index is 474. The standard InChI is InChI=1S/C12H15N3/c1-7-4-10(5-8(2)9(7)3)11-6-12(13)15-14-11/h4-6H,1-3H3,(H3,13,14,15). The molecule has 0 bridgehead atoms. The van der Waals surface area contributed by atoms with Crippen molar-refractivity contribution in [1.82, 2.24) is 10.2 Å². The van der Waals surface area contributed by atoms with E-state index in [9.17, 15) is 0 Å². The topological polar surface area (TPSA) is 54.7 Å². The van der Waals surface area contributed by atoms with Gasteiger partial charge in [0.1, 0.15) is 5.82 Å². The van der Waals surface area contributed by atoms with Crippen LogP contribution in [0.1, 0.15) is 16.7 Å². The zero-order chi connectivity index (χ0) is 11.0. The van der Waals surface area contributed by atoms with Gasteiger partial charge in [-0.05, 0) is 49.6 Å². The number of H-pyrrole nitrogens is 1. The van der Waals surface area contributed by atoms with Crippen molar-refractivity contribution in [2.45, 2.75) is 20.8 Å². The summed E-state index contributed by atoms with van der Waals surface area (Å²) in [4.78, 5) is 0. The van der Waals surface area contributed by atoms with Gasteiger partial charge >= 0.3 is 0 Å². The van der Waals surface area contributed by atoms with Gasteiger partial charge in [0.25, 0.3) is 0 Å². The Labute approximate surface area is 89.3 Å². The number of hydrogen-bond acceptors (Lipinski definition) is 2. The number of benzene rings is 1. The molecule has 0 aliphatic carbocycles. The van der Waals surface area contributed by atoms with Crippen LogP contribution in [0.15, 0.2) is 18.2 Å². The maximum absolute atomic E-state index is 5.58. The summed E-state index contributed by atoms with van der Waals surface area (Å²) < 4.78 is 0. The molecule has 0 saturated heterocycles. The van der Waals surface area contributed by atoms with Gasteiger partial charge in [-0.15, -0.1) is 0 Å². The molecular formula is C12H15N3. The van der Waals surface area contributed by atoms with Gasteiger partial charge < -0.3 is 5.73 Å². The molecule has 1 heterocycles. The normalized spacial score (nSPS) is 10.6. The van der Waals surface area contributed by atoms with Crippen LogP contribution in [0, 0.1) is 20.8 Å². The van der Waals surface area contributed by atoms with Crippen LogP contribution in [0.5, 0.6) is 0 Å². The average Bonchev–Trinajstić information content (AvgIpc) is 2.60. The highest BCUT2D eigenvalue weighted by Crippen LogP contribution is 2.24. The van der Waals surface area contributed by atoms with E-state index in [1.807, 2.05) is 6.07 Å². The number of anilines is 1. The Kier molecular flexibility index (Phi) is 2.23. The van der Waals surface area contributed by atoms with Crippen LogP contribution in [0.4, 0.5) is 5.82 Å². The highest BCUT2D eigenvalue weighted by molar-refractivity contribution is 5.64. The molecule has 0 saturated carbocycles. The molecular weight excluding hydrogens is 186 g/mol. The summed E-state index contributed by atoms with van der Waals surface area (Å²) in [6.07, 6.45) is 0. The van der Waals surface area contributed by atoms with E-state index < -0.39 is 0 Å². The third-order valence-electron chi connectivity index (χ3n) is 2.84. The lowest BCUT2D eigenvalue weighted by molar-refractivity contribution is 1.10. The molecule has 0 fully saturated rings. The second kappa shape index (κ2) is 3.42. The molecule has 1 aromatic carbocycles. The molecule has 0 amide bonds. The van der Waals surface area contributed by atoms with E-state index in [1.54, 1.807) is 0 Å². The summed E-state index contributed by atoms with van der Waals surface area (Å²) in [7, 11) is 0. The summed E-state index contributed by atoms with van der Waals surface area (Å²) >= 11 is 0. The van der Waals surface area contributed by atoms with E-state index >= 15 is 0 Å². The van der Waals surface area contributed by atoms with Crippen LogP contribution < -0.4 is 5.73 Å². The van der Waals surface area contributed by atoms with Gasteiger partial charge in [0, 0.05) is 11.6 Å². The third-order valence-corrected chi connectivity index (χ3v) is 2.84. The maximum atomic E-state index is 5.58. The number of nitrogens with two attached hydrogens (primary N) is 1. The molecule has 0 aliphatic heterocycles. The Morgan fingerprint density at radius 1 is 1.07 bits per heavy atom. The second-order valence-electron chi connectivity index (χ2n) is 3.94. The number of aryl methyl sites for hydroxylation is 2. The van der Waals surface area contributed by atoms with Gasteiger partial charge in [-0.2, -0.15) is 5.10 Å². The van der Waals surface area contributed by atoms with Crippen LogP contribution in [-0.4, -0.2) is 10.2 Å². The van der Waals surface area contributed by atoms with Crippen molar-refractivity contribution in [3.63, 3.8) is 0 Å².